The summed E-state index contributed by atoms with van der Waals surface area (Å²) in [5.41, 5.74) is 0.705. The number of Topliss-reactive ketones (excluding diaryl/α,β-unsaturated/α-hetero) is 1. The molecule has 0 atom stereocenters. The first kappa shape index (κ1) is 9.19. The summed E-state index contributed by atoms with van der Waals surface area (Å²) >= 11 is 0. The predicted octanol–water partition coefficient (Wildman–Crippen LogP) is 2.07. The Bertz CT molecular complexity index is 328. The van der Waals surface area contributed by atoms with Gasteiger partial charge < -0.3 is 4.74 Å². The lowest BCUT2D eigenvalue weighted by atomic mass is 10.1. The number of carbonyl (C=O) groups excluding carboxylic acids is 1. The van der Waals surface area contributed by atoms with E-state index in [1.165, 1.54) is 0 Å². The zero-order valence-electron chi connectivity index (χ0n) is 8.19. The van der Waals surface area contributed by atoms with Gasteiger partial charge in [-0.15, -0.1) is 0 Å². The van der Waals surface area contributed by atoms with Crippen molar-refractivity contribution in [2.45, 2.75) is 19.8 Å². The van der Waals surface area contributed by atoms with Crippen LogP contribution < -0.4 is 4.74 Å². The molecule has 1 saturated carbocycles. The summed E-state index contributed by atoms with van der Waals surface area (Å²) in [6.07, 6.45) is 3.67. The van der Waals surface area contributed by atoms with E-state index in [2.05, 4.69) is 4.98 Å². The third-order valence-corrected chi connectivity index (χ3v) is 2.26. The van der Waals surface area contributed by atoms with E-state index in [4.69, 9.17) is 4.74 Å². The lowest BCUT2D eigenvalue weighted by Crippen LogP contribution is -2.02. The van der Waals surface area contributed by atoms with E-state index in [1.54, 1.807) is 18.3 Å². The predicted molar refractivity (Wildman–Crippen MR) is 52.5 cm³/mol. The highest BCUT2D eigenvalue weighted by Crippen LogP contribution is 2.32. The molecule has 1 aliphatic rings. The van der Waals surface area contributed by atoms with E-state index in [9.17, 15) is 4.79 Å². The Morgan fingerprint density at radius 1 is 1.57 bits per heavy atom. The summed E-state index contributed by atoms with van der Waals surface area (Å²) in [6.45, 7) is 2.51. The van der Waals surface area contributed by atoms with Crippen molar-refractivity contribution >= 4 is 5.78 Å². The van der Waals surface area contributed by atoms with Crippen LogP contribution in [-0.2, 0) is 0 Å². The Balaban J connectivity index is 2.08. The zero-order valence-corrected chi connectivity index (χ0v) is 8.19. The Labute approximate surface area is 83.1 Å². The van der Waals surface area contributed by atoms with E-state index in [-0.39, 0.29) is 11.7 Å². The summed E-state index contributed by atoms with van der Waals surface area (Å²) in [5, 5.41) is 0. The first-order valence-electron chi connectivity index (χ1n) is 4.94. The largest absolute Gasteiger partial charge is 0.478 e. The van der Waals surface area contributed by atoms with Gasteiger partial charge in [-0.25, -0.2) is 4.98 Å². The van der Waals surface area contributed by atoms with Crippen molar-refractivity contribution in [2.24, 2.45) is 5.92 Å². The number of ether oxygens (including phenoxy) is 1. The molecule has 0 N–H and O–H groups in total. The van der Waals surface area contributed by atoms with E-state index in [0.717, 1.165) is 12.8 Å². The number of hydrogen-bond acceptors (Lipinski definition) is 3. The van der Waals surface area contributed by atoms with Crippen LogP contribution >= 0.6 is 0 Å². The van der Waals surface area contributed by atoms with Gasteiger partial charge in [-0.1, -0.05) is 0 Å². The highest BCUT2D eigenvalue weighted by atomic mass is 16.5. The fourth-order valence-electron chi connectivity index (χ4n) is 1.34. The Morgan fingerprint density at radius 2 is 2.36 bits per heavy atom. The molecule has 0 bridgehead atoms. The van der Waals surface area contributed by atoms with Crippen LogP contribution in [0.2, 0.25) is 0 Å². The quantitative estimate of drug-likeness (QED) is 0.684. The van der Waals surface area contributed by atoms with E-state index in [1.807, 2.05) is 6.92 Å². The van der Waals surface area contributed by atoms with E-state index in [0.29, 0.717) is 18.1 Å². The van der Waals surface area contributed by atoms with Gasteiger partial charge in [0.05, 0.1) is 6.61 Å². The van der Waals surface area contributed by atoms with Gasteiger partial charge in [0.1, 0.15) is 0 Å². The molecule has 74 valence electrons. The minimum atomic E-state index is 0.223. The van der Waals surface area contributed by atoms with Gasteiger partial charge in [0, 0.05) is 23.7 Å². The summed E-state index contributed by atoms with van der Waals surface area (Å²) in [4.78, 5) is 15.7. The molecule has 0 aromatic carbocycles. The average molecular weight is 191 g/mol. The van der Waals surface area contributed by atoms with Crippen molar-refractivity contribution in [3.05, 3.63) is 23.9 Å². The smallest absolute Gasteiger partial charge is 0.213 e. The van der Waals surface area contributed by atoms with Gasteiger partial charge in [-0.3, -0.25) is 4.79 Å². The first-order chi connectivity index (χ1) is 6.81. The number of carbonyl (C=O) groups is 1. The molecular weight excluding hydrogens is 178 g/mol. The first-order valence-corrected chi connectivity index (χ1v) is 4.94. The summed E-state index contributed by atoms with van der Waals surface area (Å²) in [6, 6.07) is 3.54. The Kier molecular flexibility index (Phi) is 2.48. The molecule has 1 aliphatic carbocycles. The highest BCUT2D eigenvalue weighted by Gasteiger charge is 2.30. The van der Waals surface area contributed by atoms with E-state index < -0.39 is 0 Å². The molecule has 1 heterocycles. The molecule has 0 amide bonds. The van der Waals surface area contributed by atoms with Crippen LogP contribution in [-0.4, -0.2) is 17.4 Å². The summed E-state index contributed by atoms with van der Waals surface area (Å²) in [7, 11) is 0. The molecular formula is C11H13NO2. The average Bonchev–Trinajstić information content (AvgIpc) is 3.02. The van der Waals surface area contributed by atoms with Gasteiger partial charge in [0.25, 0.3) is 0 Å². The lowest BCUT2D eigenvalue weighted by molar-refractivity contribution is 0.0967. The normalized spacial score (nSPS) is 15.2. The number of nitrogens with zero attached hydrogens (tertiary/aromatic N) is 1. The molecule has 3 nitrogen and oxygen atoms in total. The molecule has 0 saturated heterocycles. The van der Waals surface area contributed by atoms with Crippen LogP contribution in [0.1, 0.15) is 30.1 Å². The van der Waals surface area contributed by atoms with Crippen molar-refractivity contribution in [2.75, 3.05) is 6.61 Å². The molecule has 1 aromatic rings. The zero-order chi connectivity index (χ0) is 9.97. The summed E-state index contributed by atoms with van der Waals surface area (Å²) in [5.74, 6) is 1.06. The van der Waals surface area contributed by atoms with Crippen LogP contribution in [0.15, 0.2) is 18.3 Å². The van der Waals surface area contributed by atoms with Crippen molar-refractivity contribution in [3.63, 3.8) is 0 Å². The number of ketones is 1. The SMILES string of the molecule is CCOc1ccc(C(=O)C2CC2)cn1. The fraction of sp³-hybridized carbons (Fsp3) is 0.455. The molecule has 1 aromatic heterocycles. The van der Waals surface area contributed by atoms with Gasteiger partial charge in [-0.05, 0) is 25.8 Å². The van der Waals surface area contributed by atoms with Gasteiger partial charge >= 0.3 is 0 Å². The molecule has 0 spiro atoms. The van der Waals surface area contributed by atoms with Crippen LogP contribution in [0.3, 0.4) is 0 Å². The maximum Gasteiger partial charge on any atom is 0.213 e. The third kappa shape index (κ3) is 1.92. The number of aromatic nitrogens is 1. The van der Waals surface area contributed by atoms with Crippen molar-refractivity contribution in [1.29, 1.82) is 0 Å². The number of hydrogen-bond donors (Lipinski definition) is 0. The van der Waals surface area contributed by atoms with Gasteiger partial charge in [-0.2, -0.15) is 0 Å². The molecule has 1 fully saturated rings. The van der Waals surface area contributed by atoms with E-state index >= 15 is 0 Å². The second-order valence-electron chi connectivity index (χ2n) is 3.46. The monoisotopic (exact) mass is 191 g/mol. The summed E-state index contributed by atoms with van der Waals surface area (Å²) < 4.78 is 5.19. The molecule has 0 unspecified atom stereocenters. The van der Waals surface area contributed by atoms with Crippen LogP contribution in [0.4, 0.5) is 0 Å². The second-order valence-corrected chi connectivity index (χ2v) is 3.46. The minimum absolute atomic E-state index is 0.223. The number of pyridine rings is 1. The molecule has 0 radical (unpaired) electrons. The van der Waals surface area contributed by atoms with Gasteiger partial charge in [0.15, 0.2) is 5.78 Å². The van der Waals surface area contributed by atoms with Crippen molar-refractivity contribution in [1.82, 2.24) is 4.98 Å². The lowest BCUT2D eigenvalue weighted by Gasteiger charge is -2.02. The Hall–Kier alpha value is -1.38. The Morgan fingerprint density at radius 3 is 2.86 bits per heavy atom. The van der Waals surface area contributed by atoms with Gasteiger partial charge in [0.2, 0.25) is 5.88 Å². The maximum atomic E-state index is 11.6. The van der Waals surface area contributed by atoms with Crippen LogP contribution in [0, 0.1) is 5.92 Å². The van der Waals surface area contributed by atoms with Crippen molar-refractivity contribution < 1.29 is 9.53 Å². The minimum Gasteiger partial charge on any atom is -0.478 e. The molecule has 14 heavy (non-hydrogen) atoms. The molecule has 3 heteroatoms. The fourth-order valence-corrected chi connectivity index (χ4v) is 1.34. The standard InChI is InChI=1S/C11H13NO2/c1-2-14-10-6-5-9(7-12-10)11(13)8-3-4-8/h5-8H,2-4H2,1H3. The topological polar surface area (TPSA) is 39.2 Å². The third-order valence-electron chi connectivity index (χ3n) is 2.26. The number of rotatable bonds is 4. The highest BCUT2D eigenvalue weighted by molar-refractivity contribution is 5.99. The van der Waals surface area contributed by atoms with Crippen molar-refractivity contribution in [3.8, 4) is 5.88 Å². The maximum absolute atomic E-state index is 11.6. The molecule has 0 aliphatic heterocycles. The van der Waals surface area contributed by atoms with Crippen LogP contribution in [0.25, 0.3) is 0 Å². The molecule has 2 rings (SSSR count). The second kappa shape index (κ2) is 3.78. The van der Waals surface area contributed by atoms with Crippen LogP contribution in [0.5, 0.6) is 5.88 Å².